The van der Waals surface area contributed by atoms with Crippen LogP contribution in [0, 0.1) is 17.3 Å². The van der Waals surface area contributed by atoms with Crippen molar-refractivity contribution in [1.82, 2.24) is 4.90 Å². The monoisotopic (exact) mass is 279 g/mol. The topological polar surface area (TPSA) is 54.5 Å². The van der Waals surface area contributed by atoms with E-state index in [0.717, 1.165) is 12.8 Å². The quantitative estimate of drug-likeness (QED) is 0.743. The molecule has 2 amide bonds. The Hall–Kier alpha value is -1.19. The number of carbonyl (C=O) groups excluding carboxylic acids is 3. The predicted octanol–water partition coefficient (Wildman–Crippen LogP) is 2.56. The zero-order valence-electron chi connectivity index (χ0n) is 13.2. The van der Waals surface area contributed by atoms with E-state index in [2.05, 4.69) is 13.8 Å². The minimum atomic E-state index is -0.657. The van der Waals surface area contributed by atoms with E-state index >= 15 is 0 Å². The number of piperidine rings is 1. The van der Waals surface area contributed by atoms with Crippen LogP contribution in [-0.2, 0) is 14.4 Å². The van der Waals surface area contributed by atoms with Gasteiger partial charge in [-0.05, 0) is 31.6 Å². The highest BCUT2D eigenvalue weighted by Gasteiger charge is 2.67. The molecule has 20 heavy (non-hydrogen) atoms. The van der Waals surface area contributed by atoms with Crippen molar-refractivity contribution in [2.45, 2.75) is 65.8 Å². The second-order valence-electron chi connectivity index (χ2n) is 6.88. The van der Waals surface area contributed by atoms with Gasteiger partial charge in [-0.15, -0.1) is 0 Å². The molecule has 1 saturated heterocycles. The van der Waals surface area contributed by atoms with E-state index in [4.69, 9.17) is 0 Å². The molecule has 0 radical (unpaired) electrons. The summed E-state index contributed by atoms with van der Waals surface area (Å²) in [5.41, 5.74) is -0.638. The Morgan fingerprint density at radius 3 is 2.30 bits per heavy atom. The molecule has 2 bridgehead atoms. The third-order valence-corrected chi connectivity index (χ3v) is 5.85. The number of rotatable bonds is 4. The summed E-state index contributed by atoms with van der Waals surface area (Å²) < 4.78 is 0. The Kier molecular flexibility index (Phi) is 3.55. The average Bonchev–Trinajstić information content (AvgIpc) is 2.69. The van der Waals surface area contributed by atoms with Crippen molar-refractivity contribution >= 4 is 17.6 Å². The molecule has 0 N–H and O–H groups in total. The molecule has 0 aromatic heterocycles. The van der Waals surface area contributed by atoms with Crippen molar-refractivity contribution in [2.24, 2.45) is 17.3 Å². The number of carbonyl (C=O) groups is 3. The average molecular weight is 279 g/mol. The lowest BCUT2D eigenvalue weighted by Gasteiger charge is -2.41. The van der Waals surface area contributed by atoms with Gasteiger partial charge in [0, 0.05) is 12.3 Å². The maximum atomic E-state index is 12.8. The number of imide groups is 1. The maximum Gasteiger partial charge on any atom is 0.240 e. The third kappa shape index (κ3) is 1.69. The molecule has 2 fully saturated rings. The molecule has 0 aromatic rings. The number of Topliss-reactive ketones (excluding diaryl/α,β-unsaturated/α-hetero) is 1. The van der Waals surface area contributed by atoms with Crippen LogP contribution in [0.1, 0.15) is 60.3 Å². The van der Waals surface area contributed by atoms with Gasteiger partial charge < -0.3 is 0 Å². The van der Waals surface area contributed by atoms with Gasteiger partial charge in [0.1, 0.15) is 5.78 Å². The molecule has 1 aliphatic heterocycles. The minimum Gasteiger partial charge on any atom is -0.299 e. The molecule has 4 nitrogen and oxygen atoms in total. The van der Waals surface area contributed by atoms with Crippen molar-refractivity contribution in [3.8, 4) is 0 Å². The molecule has 1 saturated carbocycles. The van der Waals surface area contributed by atoms with Gasteiger partial charge in [0.15, 0.2) is 0 Å². The van der Waals surface area contributed by atoms with Gasteiger partial charge >= 0.3 is 0 Å². The fourth-order valence-electron chi connectivity index (χ4n) is 4.01. The van der Waals surface area contributed by atoms with Crippen molar-refractivity contribution in [3.05, 3.63) is 0 Å². The van der Waals surface area contributed by atoms with Crippen molar-refractivity contribution < 1.29 is 14.4 Å². The summed E-state index contributed by atoms with van der Waals surface area (Å²) >= 11 is 0. The molecular weight excluding hydrogens is 254 g/mol. The summed E-state index contributed by atoms with van der Waals surface area (Å²) in [5.74, 6) is -1.14. The zero-order chi connectivity index (χ0) is 15.3. The highest BCUT2D eigenvalue weighted by Crippen LogP contribution is 2.59. The molecule has 0 aromatic carbocycles. The summed E-state index contributed by atoms with van der Waals surface area (Å²) in [6.45, 7) is 9.74. The van der Waals surface area contributed by atoms with Gasteiger partial charge in [-0.1, -0.05) is 27.7 Å². The summed E-state index contributed by atoms with van der Waals surface area (Å²) in [7, 11) is 0. The Balaban J connectivity index is 2.36. The summed E-state index contributed by atoms with van der Waals surface area (Å²) in [6, 6.07) is 0. The van der Waals surface area contributed by atoms with Crippen LogP contribution in [0.3, 0.4) is 0 Å². The van der Waals surface area contributed by atoms with E-state index in [1.165, 1.54) is 4.90 Å². The number of fused-ring (bicyclic) bond motifs is 2. The predicted molar refractivity (Wildman–Crippen MR) is 75.8 cm³/mol. The zero-order valence-corrected chi connectivity index (χ0v) is 13.2. The molecular formula is C16H25NO3. The van der Waals surface area contributed by atoms with Gasteiger partial charge in [-0.25, -0.2) is 0 Å². The Bertz CT molecular complexity index is 468. The number of likely N-dealkylation sites (tertiary alicyclic amines) is 1. The second-order valence-corrected chi connectivity index (χ2v) is 6.88. The largest absolute Gasteiger partial charge is 0.299 e. The van der Waals surface area contributed by atoms with Crippen LogP contribution in [0.5, 0.6) is 0 Å². The molecule has 0 unspecified atom stereocenters. The second kappa shape index (κ2) is 4.68. The fraction of sp³-hybridized carbons (Fsp3) is 0.812. The molecule has 4 heteroatoms. The number of ketones is 1. The molecule has 112 valence electrons. The SMILES string of the molecule is CCC(=O)[C@@H](CC)C(=O)N1C(=O)[C@H]2CC[C@]1(C)C2(C)C. The van der Waals surface area contributed by atoms with Gasteiger partial charge in [0.2, 0.25) is 11.8 Å². The first kappa shape index (κ1) is 15.2. The molecule has 0 spiro atoms. The van der Waals surface area contributed by atoms with Crippen LogP contribution in [0.2, 0.25) is 0 Å². The number of amides is 2. The van der Waals surface area contributed by atoms with Gasteiger partial charge in [0.25, 0.3) is 0 Å². The fourth-order valence-corrected chi connectivity index (χ4v) is 4.01. The van der Waals surface area contributed by atoms with Crippen LogP contribution < -0.4 is 0 Å². The van der Waals surface area contributed by atoms with E-state index in [1.54, 1.807) is 6.92 Å². The first-order valence-corrected chi connectivity index (χ1v) is 7.63. The minimum absolute atomic E-state index is 0.0607. The van der Waals surface area contributed by atoms with Crippen LogP contribution in [0.25, 0.3) is 0 Å². The van der Waals surface area contributed by atoms with Crippen molar-refractivity contribution in [1.29, 1.82) is 0 Å². The van der Waals surface area contributed by atoms with Gasteiger partial charge in [-0.3, -0.25) is 19.3 Å². The molecule has 3 atom stereocenters. The molecule has 2 aliphatic rings. The van der Waals surface area contributed by atoms with Gasteiger partial charge in [0.05, 0.1) is 11.5 Å². The standard InChI is InChI=1S/C16H25NO3/c1-6-10(12(18)7-2)13(19)17-14(20)11-8-9-16(17,5)15(11,3)4/h10-11H,6-9H2,1-5H3/t10-,11-,16-/m1/s1. The van der Waals surface area contributed by atoms with E-state index in [-0.39, 0.29) is 28.9 Å². The van der Waals surface area contributed by atoms with Crippen LogP contribution in [0.4, 0.5) is 0 Å². The number of nitrogens with zero attached hydrogens (tertiary/aromatic N) is 1. The molecule has 2 rings (SSSR count). The number of hydrogen-bond acceptors (Lipinski definition) is 3. The smallest absolute Gasteiger partial charge is 0.240 e. The normalized spacial score (nSPS) is 32.5. The van der Waals surface area contributed by atoms with E-state index in [9.17, 15) is 14.4 Å². The Labute approximate surface area is 120 Å². The van der Waals surface area contributed by atoms with Gasteiger partial charge in [-0.2, -0.15) is 0 Å². The van der Waals surface area contributed by atoms with E-state index in [0.29, 0.717) is 12.8 Å². The van der Waals surface area contributed by atoms with Crippen LogP contribution in [0.15, 0.2) is 0 Å². The maximum absolute atomic E-state index is 12.8. The highest BCUT2D eigenvalue weighted by atomic mass is 16.2. The summed E-state index contributed by atoms with van der Waals surface area (Å²) in [5, 5.41) is 0. The Morgan fingerprint density at radius 2 is 1.90 bits per heavy atom. The lowest BCUT2D eigenvalue weighted by atomic mass is 9.74. The highest BCUT2D eigenvalue weighted by molar-refractivity contribution is 6.09. The van der Waals surface area contributed by atoms with Crippen LogP contribution in [-0.4, -0.2) is 28.0 Å². The van der Waals surface area contributed by atoms with Crippen LogP contribution >= 0.6 is 0 Å². The van der Waals surface area contributed by atoms with E-state index in [1.807, 2.05) is 13.8 Å². The third-order valence-electron chi connectivity index (χ3n) is 5.85. The van der Waals surface area contributed by atoms with Crippen molar-refractivity contribution in [3.63, 3.8) is 0 Å². The molecule has 1 heterocycles. The summed E-state index contributed by atoms with van der Waals surface area (Å²) in [6.07, 6.45) is 2.51. The Morgan fingerprint density at radius 1 is 1.30 bits per heavy atom. The molecule has 1 aliphatic carbocycles. The lowest BCUT2D eigenvalue weighted by Crippen LogP contribution is -2.55. The van der Waals surface area contributed by atoms with Crippen molar-refractivity contribution in [2.75, 3.05) is 0 Å². The summed E-state index contributed by atoms with van der Waals surface area (Å²) in [4.78, 5) is 38.7. The lowest BCUT2D eigenvalue weighted by molar-refractivity contribution is -0.155. The number of hydrogen-bond donors (Lipinski definition) is 0. The van der Waals surface area contributed by atoms with E-state index < -0.39 is 11.5 Å². The first-order chi connectivity index (χ1) is 9.22. The first-order valence-electron chi connectivity index (χ1n) is 7.63.